The van der Waals surface area contributed by atoms with Gasteiger partial charge in [-0.1, -0.05) is 6.92 Å². The summed E-state index contributed by atoms with van der Waals surface area (Å²) >= 11 is 0. The molecule has 0 spiro atoms. The first-order valence-corrected chi connectivity index (χ1v) is 4.48. The summed E-state index contributed by atoms with van der Waals surface area (Å²) in [4.78, 5) is 15.3. The van der Waals surface area contributed by atoms with E-state index in [1.165, 1.54) is 0 Å². The molecule has 0 aliphatic rings. The Morgan fingerprint density at radius 1 is 1.62 bits per heavy atom. The van der Waals surface area contributed by atoms with Crippen LogP contribution < -0.4 is 5.32 Å². The first-order valence-electron chi connectivity index (χ1n) is 4.48. The Balaban J connectivity index is 2.40. The predicted molar refractivity (Wildman–Crippen MR) is 51.7 cm³/mol. The monoisotopic (exact) mass is 178 g/mol. The second-order valence-corrected chi connectivity index (χ2v) is 2.77. The average Bonchev–Trinajstić information content (AvgIpc) is 2.19. The summed E-state index contributed by atoms with van der Waals surface area (Å²) in [6.07, 6.45) is 3.81. The molecule has 1 heterocycles. The number of nitrogens with one attached hydrogen (secondary N) is 1. The maximum atomic E-state index is 11.4. The fourth-order valence-corrected chi connectivity index (χ4v) is 1.05. The first-order chi connectivity index (χ1) is 6.34. The van der Waals surface area contributed by atoms with Gasteiger partial charge in [-0.3, -0.25) is 9.78 Å². The van der Waals surface area contributed by atoms with Gasteiger partial charge in [0.05, 0.1) is 0 Å². The lowest BCUT2D eigenvalue weighted by Crippen LogP contribution is -2.17. The van der Waals surface area contributed by atoms with Crippen LogP contribution >= 0.6 is 0 Å². The van der Waals surface area contributed by atoms with Crippen molar-refractivity contribution in [2.75, 3.05) is 13.1 Å². The van der Waals surface area contributed by atoms with Crippen molar-refractivity contribution in [3.63, 3.8) is 0 Å². The van der Waals surface area contributed by atoms with E-state index in [-0.39, 0.29) is 5.78 Å². The standard InChI is InChI=1S/C10H14N2O/c1-2-11-7-5-10(13)9-4-3-6-12-8-9/h3-4,6,8,11H,2,5,7H2,1H3. The third-order valence-corrected chi connectivity index (χ3v) is 1.76. The van der Waals surface area contributed by atoms with Crippen molar-refractivity contribution in [3.05, 3.63) is 30.1 Å². The van der Waals surface area contributed by atoms with E-state index < -0.39 is 0 Å². The van der Waals surface area contributed by atoms with Crippen LogP contribution in [0.4, 0.5) is 0 Å². The van der Waals surface area contributed by atoms with Gasteiger partial charge in [-0.05, 0) is 18.7 Å². The topological polar surface area (TPSA) is 42.0 Å². The Bertz CT molecular complexity index is 259. The zero-order valence-corrected chi connectivity index (χ0v) is 7.79. The molecule has 0 aliphatic carbocycles. The summed E-state index contributed by atoms with van der Waals surface area (Å²) in [5, 5.41) is 3.11. The van der Waals surface area contributed by atoms with Crippen LogP contribution in [0.25, 0.3) is 0 Å². The molecule has 0 radical (unpaired) electrons. The number of Topliss-reactive ketones (excluding diaryl/α,β-unsaturated/α-hetero) is 1. The highest BCUT2D eigenvalue weighted by atomic mass is 16.1. The number of carbonyl (C=O) groups excluding carboxylic acids is 1. The molecular weight excluding hydrogens is 164 g/mol. The molecule has 0 bridgehead atoms. The van der Waals surface area contributed by atoms with E-state index >= 15 is 0 Å². The molecule has 0 fully saturated rings. The van der Waals surface area contributed by atoms with Crippen LogP contribution in [0.2, 0.25) is 0 Å². The van der Waals surface area contributed by atoms with Gasteiger partial charge in [0.1, 0.15) is 0 Å². The Labute approximate surface area is 78.2 Å². The van der Waals surface area contributed by atoms with Crippen molar-refractivity contribution >= 4 is 5.78 Å². The molecule has 0 aliphatic heterocycles. The molecule has 0 saturated heterocycles. The van der Waals surface area contributed by atoms with Crippen LogP contribution in [0.5, 0.6) is 0 Å². The second-order valence-electron chi connectivity index (χ2n) is 2.77. The number of ketones is 1. The van der Waals surface area contributed by atoms with Gasteiger partial charge in [0.2, 0.25) is 0 Å². The van der Waals surface area contributed by atoms with E-state index in [2.05, 4.69) is 10.3 Å². The van der Waals surface area contributed by atoms with E-state index in [4.69, 9.17) is 0 Å². The van der Waals surface area contributed by atoms with Crippen molar-refractivity contribution in [3.8, 4) is 0 Å². The lowest BCUT2D eigenvalue weighted by Gasteiger charge is -2.00. The Hall–Kier alpha value is -1.22. The van der Waals surface area contributed by atoms with Gasteiger partial charge < -0.3 is 5.32 Å². The molecule has 3 nitrogen and oxygen atoms in total. The number of nitrogens with zero attached hydrogens (tertiary/aromatic N) is 1. The molecule has 1 aromatic rings. The molecule has 70 valence electrons. The number of rotatable bonds is 5. The molecule has 1 aromatic heterocycles. The predicted octanol–water partition coefficient (Wildman–Crippen LogP) is 1.26. The third kappa shape index (κ3) is 3.34. The van der Waals surface area contributed by atoms with Crippen LogP contribution in [0.15, 0.2) is 24.5 Å². The van der Waals surface area contributed by atoms with Crippen molar-refractivity contribution in [1.82, 2.24) is 10.3 Å². The molecule has 0 aromatic carbocycles. The molecular formula is C10H14N2O. The summed E-state index contributed by atoms with van der Waals surface area (Å²) in [7, 11) is 0. The highest BCUT2D eigenvalue weighted by molar-refractivity contribution is 5.95. The van der Waals surface area contributed by atoms with Gasteiger partial charge in [-0.25, -0.2) is 0 Å². The first kappa shape index (κ1) is 9.86. The van der Waals surface area contributed by atoms with E-state index in [0.29, 0.717) is 12.0 Å². The van der Waals surface area contributed by atoms with Crippen LogP contribution in [0.1, 0.15) is 23.7 Å². The number of carbonyl (C=O) groups is 1. The van der Waals surface area contributed by atoms with Crippen molar-refractivity contribution in [2.24, 2.45) is 0 Å². The summed E-state index contributed by atoms with van der Waals surface area (Å²) in [5.41, 5.74) is 0.695. The van der Waals surface area contributed by atoms with Gasteiger partial charge in [0, 0.05) is 30.9 Å². The van der Waals surface area contributed by atoms with Crippen molar-refractivity contribution in [1.29, 1.82) is 0 Å². The summed E-state index contributed by atoms with van der Waals surface area (Å²) in [6, 6.07) is 3.57. The number of hydrogen-bond donors (Lipinski definition) is 1. The number of pyridine rings is 1. The summed E-state index contributed by atoms with van der Waals surface area (Å²) in [6.45, 7) is 3.67. The Morgan fingerprint density at radius 3 is 3.08 bits per heavy atom. The molecule has 0 amide bonds. The SMILES string of the molecule is CCNCCC(=O)c1cccnc1. The van der Waals surface area contributed by atoms with Crippen LogP contribution in [0.3, 0.4) is 0 Å². The highest BCUT2D eigenvalue weighted by Gasteiger charge is 2.03. The van der Waals surface area contributed by atoms with Crippen molar-refractivity contribution in [2.45, 2.75) is 13.3 Å². The smallest absolute Gasteiger partial charge is 0.165 e. The normalized spacial score (nSPS) is 9.92. The minimum Gasteiger partial charge on any atom is -0.317 e. The van der Waals surface area contributed by atoms with Gasteiger partial charge >= 0.3 is 0 Å². The summed E-state index contributed by atoms with van der Waals surface area (Å²) in [5.74, 6) is 0.147. The van der Waals surface area contributed by atoms with E-state index in [1.54, 1.807) is 24.5 Å². The minimum absolute atomic E-state index is 0.147. The van der Waals surface area contributed by atoms with Gasteiger partial charge in [0.15, 0.2) is 5.78 Å². The lowest BCUT2D eigenvalue weighted by molar-refractivity contribution is 0.0982. The molecule has 1 rings (SSSR count). The van der Waals surface area contributed by atoms with Gasteiger partial charge in [0.25, 0.3) is 0 Å². The molecule has 0 saturated carbocycles. The Kier molecular flexibility index (Phi) is 4.12. The molecule has 13 heavy (non-hydrogen) atoms. The van der Waals surface area contributed by atoms with E-state index in [1.807, 2.05) is 6.92 Å². The fourth-order valence-electron chi connectivity index (χ4n) is 1.05. The zero-order chi connectivity index (χ0) is 9.52. The average molecular weight is 178 g/mol. The Morgan fingerprint density at radius 2 is 2.46 bits per heavy atom. The number of aromatic nitrogens is 1. The fraction of sp³-hybridized carbons (Fsp3) is 0.400. The minimum atomic E-state index is 0.147. The maximum Gasteiger partial charge on any atom is 0.165 e. The van der Waals surface area contributed by atoms with Crippen LogP contribution in [-0.4, -0.2) is 23.9 Å². The van der Waals surface area contributed by atoms with Gasteiger partial charge in [-0.15, -0.1) is 0 Å². The lowest BCUT2D eigenvalue weighted by atomic mass is 10.1. The summed E-state index contributed by atoms with van der Waals surface area (Å²) < 4.78 is 0. The van der Waals surface area contributed by atoms with E-state index in [9.17, 15) is 4.79 Å². The highest BCUT2D eigenvalue weighted by Crippen LogP contribution is 1.99. The molecule has 0 unspecified atom stereocenters. The zero-order valence-electron chi connectivity index (χ0n) is 7.79. The quantitative estimate of drug-likeness (QED) is 0.545. The number of hydrogen-bond acceptors (Lipinski definition) is 3. The van der Waals surface area contributed by atoms with Crippen molar-refractivity contribution < 1.29 is 4.79 Å². The molecule has 0 atom stereocenters. The second kappa shape index (κ2) is 5.43. The third-order valence-electron chi connectivity index (χ3n) is 1.76. The van der Waals surface area contributed by atoms with Crippen LogP contribution in [-0.2, 0) is 0 Å². The largest absolute Gasteiger partial charge is 0.317 e. The van der Waals surface area contributed by atoms with E-state index in [0.717, 1.165) is 13.1 Å². The van der Waals surface area contributed by atoms with Gasteiger partial charge in [-0.2, -0.15) is 0 Å². The molecule has 3 heteroatoms. The molecule has 1 N–H and O–H groups in total. The maximum absolute atomic E-state index is 11.4. The van der Waals surface area contributed by atoms with Crippen LogP contribution in [0, 0.1) is 0 Å².